The summed E-state index contributed by atoms with van der Waals surface area (Å²) in [5, 5.41) is 0. The molecule has 3 heteroatoms. The lowest BCUT2D eigenvalue weighted by atomic mass is 10.1. The highest BCUT2D eigenvalue weighted by molar-refractivity contribution is 5.40. The van der Waals surface area contributed by atoms with E-state index in [1.807, 2.05) is 0 Å². The Bertz CT molecular complexity index is 315. The molecular weight excluding hydrogens is 152 g/mol. The number of rotatable bonds is 2. The molecule has 0 fully saturated rings. The van der Waals surface area contributed by atoms with Crippen LogP contribution in [0.3, 0.4) is 0 Å². The molecule has 12 heavy (non-hydrogen) atoms. The number of aromatic nitrogens is 1. The molecule has 0 aliphatic rings. The van der Waals surface area contributed by atoms with Crippen LogP contribution in [-0.4, -0.2) is 12.1 Å². The highest BCUT2D eigenvalue weighted by Gasteiger charge is 2.00. The van der Waals surface area contributed by atoms with Crippen LogP contribution in [0.25, 0.3) is 0 Å². The number of hydrogen-bond donors (Lipinski definition) is 1. The van der Waals surface area contributed by atoms with Crippen molar-refractivity contribution in [3.63, 3.8) is 0 Å². The fourth-order valence-corrected chi connectivity index (χ4v) is 0.886. The second kappa shape index (κ2) is 3.74. The number of ether oxygens (including phenoxy) is 1. The lowest BCUT2D eigenvalue weighted by Gasteiger charge is -2.03. The first kappa shape index (κ1) is 8.57. The molecule has 0 aliphatic heterocycles. The van der Waals surface area contributed by atoms with Gasteiger partial charge in [0.25, 0.3) is 0 Å². The van der Waals surface area contributed by atoms with Crippen LogP contribution in [0.5, 0.6) is 5.88 Å². The summed E-state index contributed by atoms with van der Waals surface area (Å²) in [4.78, 5) is 3.96. The van der Waals surface area contributed by atoms with Gasteiger partial charge in [-0.2, -0.15) is 0 Å². The molecule has 0 bridgehead atoms. The van der Waals surface area contributed by atoms with Crippen LogP contribution in [0, 0.1) is 12.3 Å². The van der Waals surface area contributed by atoms with Crippen LogP contribution < -0.4 is 10.5 Å². The zero-order valence-electron chi connectivity index (χ0n) is 6.87. The summed E-state index contributed by atoms with van der Waals surface area (Å²) in [7, 11) is 1.55. The van der Waals surface area contributed by atoms with E-state index in [1.165, 1.54) is 0 Å². The first-order chi connectivity index (χ1) is 5.81. The number of methoxy groups -OCH3 is 1. The van der Waals surface area contributed by atoms with Gasteiger partial charge in [0.05, 0.1) is 7.11 Å². The van der Waals surface area contributed by atoms with Gasteiger partial charge in [-0.05, 0) is 5.56 Å². The fourth-order valence-electron chi connectivity index (χ4n) is 0.886. The van der Waals surface area contributed by atoms with Crippen LogP contribution in [0.2, 0.25) is 0 Å². The van der Waals surface area contributed by atoms with E-state index in [-0.39, 0.29) is 0 Å². The van der Waals surface area contributed by atoms with Gasteiger partial charge in [0.15, 0.2) is 0 Å². The second-order valence-electron chi connectivity index (χ2n) is 2.23. The van der Waals surface area contributed by atoms with Crippen molar-refractivity contribution in [3.8, 4) is 18.2 Å². The van der Waals surface area contributed by atoms with Gasteiger partial charge in [-0.25, -0.2) is 4.98 Å². The van der Waals surface area contributed by atoms with Gasteiger partial charge in [-0.15, -0.1) is 6.42 Å². The van der Waals surface area contributed by atoms with E-state index in [0.29, 0.717) is 12.4 Å². The normalized spacial score (nSPS) is 9.08. The summed E-state index contributed by atoms with van der Waals surface area (Å²) in [5.41, 5.74) is 7.07. The maximum absolute atomic E-state index is 5.47. The van der Waals surface area contributed by atoms with E-state index in [9.17, 15) is 0 Å². The molecule has 0 radical (unpaired) electrons. The molecule has 1 aromatic heterocycles. The summed E-state index contributed by atoms with van der Waals surface area (Å²) in [6.45, 7) is 0.401. The average molecular weight is 162 g/mol. The first-order valence-electron chi connectivity index (χ1n) is 3.51. The third-order valence-electron chi connectivity index (χ3n) is 1.55. The minimum Gasteiger partial charge on any atom is -0.481 e. The fraction of sp³-hybridized carbons (Fsp3) is 0.222. The SMILES string of the molecule is C#Cc1cnc(OC)cc1CN. The Morgan fingerprint density at radius 3 is 3.00 bits per heavy atom. The number of terminal acetylenes is 1. The highest BCUT2D eigenvalue weighted by atomic mass is 16.5. The minimum atomic E-state index is 0.401. The monoisotopic (exact) mass is 162 g/mol. The molecule has 1 heterocycles. The number of nitrogens with two attached hydrogens (primary N) is 1. The van der Waals surface area contributed by atoms with E-state index in [0.717, 1.165) is 11.1 Å². The van der Waals surface area contributed by atoms with E-state index in [2.05, 4.69) is 10.9 Å². The van der Waals surface area contributed by atoms with Crippen LogP contribution in [-0.2, 0) is 6.54 Å². The third kappa shape index (κ3) is 1.55. The lowest BCUT2D eigenvalue weighted by Crippen LogP contribution is -2.01. The van der Waals surface area contributed by atoms with Crippen molar-refractivity contribution < 1.29 is 4.74 Å². The quantitative estimate of drug-likeness (QED) is 0.645. The molecule has 0 unspecified atom stereocenters. The van der Waals surface area contributed by atoms with E-state index < -0.39 is 0 Å². The molecule has 0 saturated heterocycles. The van der Waals surface area contributed by atoms with Gasteiger partial charge >= 0.3 is 0 Å². The molecule has 0 spiro atoms. The van der Waals surface area contributed by atoms with Gasteiger partial charge in [-0.3, -0.25) is 0 Å². The Kier molecular flexibility index (Phi) is 2.67. The maximum atomic E-state index is 5.47. The standard InChI is InChI=1S/C9H10N2O/c1-3-7-6-11-9(12-2)4-8(7)5-10/h1,4,6H,5,10H2,2H3. The van der Waals surface area contributed by atoms with E-state index in [1.54, 1.807) is 19.4 Å². The summed E-state index contributed by atoms with van der Waals surface area (Å²) >= 11 is 0. The molecule has 0 amide bonds. The minimum absolute atomic E-state index is 0.401. The molecular formula is C9H10N2O. The summed E-state index contributed by atoms with van der Waals surface area (Å²) in [6, 6.07) is 1.75. The molecule has 0 aromatic carbocycles. The van der Waals surface area contributed by atoms with Crippen LogP contribution in [0.1, 0.15) is 11.1 Å². The average Bonchev–Trinajstić information content (AvgIpc) is 2.16. The molecule has 1 aromatic rings. The number of nitrogens with zero attached hydrogens (tertiary/aromatic N) is 1. The molecule has 2 N–H and O–H groups in total. The van der Waals surface area contributed by atoms with Crippen molar-refractivity contribution in [2.75, 3.05) is 7.11 Å². The summed E-state index contributed by atoms with van der Waals surface area (Å²) in [5.74, 6) is 3.04. The molecule has 62 valence electrons. The maximum Gasteiger partial charge on any atom is 0.213 e. The zero-order valence-corrected chi connectivity index (χ0v) is 6.87. The van der Waals surface area contributed by atoms with Gasteiger partial charge in [0.2, 0.25) is 5.88 Å². The largest absolute Gasteiger partial charge is 0.481 e. The van der Waals surface area contributed by atoms with Crippen LogP contribution >= 0.6 is 0 Å². The topological polar surface area (TPSA) is 48.1 Å². The van der Waals surface area contributed by atoms with Crippen LogP contribution in [0.4, 0.5) is 0 Å². The van der Waals surface area contributed by atoms with Crippen molar-refractivity contribution in [2.24, 2.45) is 5.73 Å². The Hall–Kier alpha value is -1.53. The zero-order chi connectivity index (χ0) is 8.97. The van der Waals surface area contributed by atoms with Crippen molar-refractivity contribution in [1.82, 2.24) is 4.98 Å². The Morgan fingerprint density at radius 1 is 1.75 bits per heavy atom. The van der Waals surface area contributed by atoms with E-state index >= 15 is 0 Å². The molecule has 3 nitrogen and oxygen atoms in total. The van der Waals surface area contributed by atoms with E-state index in [4.69, 9.17) is 16.9 Å². The predicted molar refractivity (Wildman–Crippen MR) is 46.6 cm³/mol. The van der Waals surface area contributed by atoms with Crippen molar-refractivity contribution >= 4 is 0 Å². The Labute approximate surface area is 71.6 Å². The Balaban J connectivity index is 3.13. The molecule has 0 aliphatic carbocycles. The smallest absolute Gasteiger partial charge is 0.213 e. The van der Waals surface area contributed by atoms with Gasteiger partial charge < -0.3 is 10.5 Å². The predicted octanol–water partition coefficient (Wildman–Crippen LogP) is 0.530. The lowest BCUT2D eigenvalue weighted by molar-refractivity contribution is 0.397. The van der Waals surface area contributed by atoms with Gasteiger partial charge in [-0.1, -0.05) is 5.92 Å². The summed E-state index contributed by atoms with van der Waals surface area (Å²) in [6.07, 6.45) is 6.82. The van der Waals surface area contributed by atoms with Crippen LogP contribution in [0.15, 0.2) is 12.3 Å². The third-order valence-corrected chi connectivity index (χ3v) is 1.55. The second-order valence-corrected chi connectivity index (χ2v) is 2.23. The number of pyridine rings is 1. The van der Waals surface area contributed by atoms with Gasteiger partial charge in [0.1, 0.15) is 0 Å². The number of hydrogen-bond acceptors (Lipinski definition) is 3. The van der Waals surface area contributed by atoms with Crippen molar-refractivity contribution in [2.45, 2.75) is 6.54 Å². The first-order valence-corrected chi connectivity index (χ1v) is 3.51. The van der Waals surface area contributed by atoms with Crippen molar-refractivity contribution in [3.05, 3.63) is 23.4 Å². The van der Waals surface area contributed by atoms with Gasteiger partial charge in [0, 0.05) is 24.4 Å². The summed E-state index contributed by atoms with van der Waals surface area (Å²) < 4.78 is 4.92. The Morgan fingerprint density at radius 2 is 2.50 bits per heavy atom. The molecule has 1 rings (SSSR count). The van der Waals surface area contributed by atoms with Crippen molar-refractivity contribution in [1.29, 1.82) is 0 Å². The highest BCUT2D eigenvalue weighted by Crippen LogP contribution is 2.12. The molecule has 0 atom stereocenters. The molecule has 0 saturated carbocycles.